The number of carbonyl (C=O) groups excluding carboxylic acids is 2. The molecule has 3 aromatic rings. The maximum atomic E-state index is 13.7. The summed E-state index contributed by atoms with van der Waals surface area (Å²) < 4.78 is 0. The Morgan fingerprint density at radius 2 is 1.69 bits per heavy atom. The zero-order valence-corrected chi connectivity index (χ0v) is 25.7. The minimum absolute atomic E-state index is 0.0603. The molecule has 2 aromatic carbocycles. The number of aryl methyl sites for hydroxylation is 1. The molecule has 42 heavy (non-hydrogen) atoms. The molecule has 3 heterocycles. The van der Waals surface area contributed by atoms with Crippen molar-refractivity contribution >= 4 is 29.1 Å². The molecule has 6 nitrogen and oxygen atoms in total. The minimum Gasteiger partial charge on any atom is -0.343 e. The highest BCUT2D eigenvalue weighted by Gasteiger charge is 2.30. The number of halogens is 1. The van der Waals surface area contributed by atoms with Crippen molar-refractivity contribution in [3.63, 3.8) is 0 Å². The summed E-state index contributed by atoms with van der Waals surface area (Å²) in [6.45, 7) is 8.75. The van der Waals surface area contributed by atoms with E-state index in [1.165, 1.54) is 24.0 Å². The first-order valence-corrected chi connectivity index (χ1v) is 15.8. The Kier molecular flexibility index (Phi) is 10.3. The Labute approximate surface area is 255 Å². The smallest absolute Gasteiger partial charge is 0.230 e. The van der Waals surface area contributed by atoms with Gasteiger partial charge in [0.2, 0.25) is 11.8 Å². The average Bonchev–Trinajstić information content (AvgIpc) is 3.02. The highest BCUT2D eigenvalue weighted by molar-refractivity contribution is 6.31. The third kappa shape index (κ3) is 7.78. The summed E-state index contributed by atoms with van der Waals surface area (Å²) in [7, 11) is 0. The summed E-state index contributed by atoms with van der Waals surface area (Å²) in [5.41, 5.74) is 5.65. The fourth-order valence-corrected chi connectivity index (χ4v) is 6.52. The van der Waals surface area contributed by atoms with Crippen molar-refractivity contribution < 1.29 is 9.59 Å². The van der Waals surface area contributed by atoms with Crippen LogP contribution in [0.1, 0.15) is 50.2 Å². The van der Waals surface area contributed by atoms with Gasteiger partial charge in [0.25, 0.3) is 0 Å². The summed E-state index contributed by atoms with van der Waals surface area (Å²) in [5.74, 6) is 0.894. The first kappa shape index (κ1) is 30.2. The predicted octanol–water partition coefficient (Wildman–Crippen LogP) is 6.65. The third-order valence-corrected chi connectivity index (χ3v) is 9.47. The summed E-state index contributed by atoms with van der Waals surface area (Å²) in [5, 5.41) is 0.686. The number of hydrogen-bond acceptors (Lipinski definition) is 4. The molecule has 2 aliphatic heterocycles. The minimum atomic E-state index is -0.0603. The van der Waals surface area contributed by atoms with Gasteiger partial charge in [0, 0.05) is 55.6 Å². The van der Waals surface area contributed by atoms with E-state index >= 15 is 0 Å². The molecule has 2 aliphatic rings. The van der Waals surface area contributed by atoms with Crippen LogP contribution in [0.2, 0.25) is 5.02 Å². The van der Waals surface area contributed by atoms with Gasteiger partial charge in [-0.1, -0.05) is 48.0 Å². The molecule has 0 saturated carbocycles. The Morgan fingerprint density at radius 3 is 2.33 bits per heavy atom. The molecule has 0 unspecified atom stereocenters. The SMILES string of the molecule is CC(=O)N1CCC(C(=O)N(CCCN2CCC(Cc3ccc(-c4cccnc4)cc3)CC2)c2ccc(C)c(Cl)c2)CC1. The molecule has 0 aliphatic carbocycles. The van der Waals surface area contributed by atoms with E-state index in [-0.39, 0.29) is 17.7 Å². The molecule has 1 aromatic heterocycles. The molecule has 2 saturated heterocycles. The predicted molar refractivity (Wildman–Crippen MR) is 171 cm³/mol. The van der Waals surface area contributed by atoms with Gasteiger partial charge >= 0.3 is 0 Å². The largest absolute Gasteiger partial charge is 0.343 e. The van der Waals surface area contributed by atoms with E-state index in [0.717, 1.165) is 49.3 Å². The number of benzene rings is 2. The number of anilines is 1. The summed E-state index contributed by atoms with van der Waals surface area (Å²) >= 11 is 6.47. The second-order valence-corrected chi connectivity index (χ2v) is 12.4. The number of nitrogens with zero attached hydrogens (tertiary/aromatic N) is 4. The molecule has 5 rings (SSSR count). The van der Waals surface area contributed by atoms with Gasteiger partial charge in [0.15, 0.2) is 0 Å². The van der Waals surface area contributed by atoms with Crippen molar-refractivity contribution in [2.45, 2.75) is 52.4 Å². The fraction of sp³-hybridized carbons (Fsp3) is 0.457. The molecule has 0 radical (unpaired) electrons. The van der Waals surface area contributed by atoms with E-state index in [1.807, 2.05) is 53.4 Å². The van der Waals surface area contributed by atoms with Gasteiger partial charge in [-0.2, -0.15) is 0 Å². The first-order valence-electron chi connectivity index (χ1n) is 15.4. The number of hydrogen-bond donors (Lipinski definition) is 0. The summed E-state index contributed by atoms with van der Waals surface area (Å²) in [4.78, 5) is 36.1. The Bertz CT molecular complexity index is 1330. The van der Waals surface area contributed by atoms with Crippen molar-refractivity contribution in [2.24, 2.45) is 11.8 Å². The maximum absolute atomic E-state index is 13.7. The van der Waals surface area contributed by atoms with E-state index in [1.54, 1.807) is 6.92 Å². The molecular weight excluding hydrogens is 544 g/mol. The normalized spacial score (nSPS) is 16.9. The molecule has 0 spiro atoms. The van der Waals surface area contributed by atoms with Crippen molar-refractivity contribution in [1.82, 2.24) is 14.8 Å². The number of aromatic nitrogens is 1. The maximum Gasteiger partial charge on any atom is 0.230 e. The van der Waals surface area contributed by atoms with E-state index in [4.69, 9.17) is 11.6 Å². The van der Waals surface area contributed by atoms with Crippen molar-refractivity contribution in [2.75, 3.05) is 44.2 Å². The number of rotatable bonds is 9. The number of piperidine rings is 2. The Morgan fingerprint density at radius 1 is 0.952 bits per heavy atom. The van der Waals surface area contributed by atoms with E-state index in [0.29, 0.717) is 43.4 Å². The number of pyridine rings is 1. The van der Waals surface area contributed by atoms with E-state index in [9.17, 15) is 9.59 Å². The molecule has 222 valence electrons. The van der Waals surface area contributed by atoms with Crippen LogP contribution in [-0.2, 0) is 16.0 Å². The van der Waals surface area contributed by atoms with Crippen LogP contribution < -0.4 is 4.90 Å². The van der Waals surface area contributed by atoms with Gasteiger partial charge in [0.05, 0.1) is 0 Å². The van der Waals surface area contributed by atoms with Gasteiger partial charge in [-0.25, -0.2) is 0 Å². The lowest BCUT2D eigenvalue weighted by molar-refractivity contribution is -0.133. The topological polar surface area (TPSA) is 56.8 Å². The second kappa shape index (κ2) is 14.3. The zero-order valence-electron chi connectivity index (χ0n) is 25.0. The van der Waals surface area contributed by atoms with Crippen LogP contribution in [0.5, 0.6) is 0 Å². The van der Waals surface area contributed by atoms with Crippen molar-refractivity contribution in [1.29, 1.82) is 0 Å². The second-order valence-electron chi connectivity index (χ2n) is 12.0. The lowest BCUT2D eigenvalue weighted by Crippen LogP contribution is -2.45. The molecular formula is C35H43ClN4O2. The molecule has 0 bridgehead atoms. The molecule has 0 atom stereocenters. The molecule has 2 amide bonds. The molecule has 2 fully saturated rings. The van der Waals surface area contributed by atoms with Crippen LogP contribution in [0.4, 0.5) is 5.69 Å². The van der Waals surface area contributed by atoms with Crippen LogP contribution >= 0.6 is 11.6 Å². The highest BCUT2D eigenvalue weighted by Crippen LogP contribution is 2.28. The zero-order chi connectivity index (χ0) is 29.5. The summed E-state index contributed by atoms with van der Waals surface area (Å²) in [6, 6.07) is 19.0. The van der Waals surface area contributed by atoms with Crippen molar-refractivity contribution in [3.05, 3.63) is 83.1 Å². The average molecular weight is 587 g/mol. The van der Waals surface area contributed by atoms with Gasteiger partial charge in [-0.15, -0.1) is 0 Å². The lowest BCUT2D eigenvalue weighted by atomic mass is 9.89. The van der Waals surface area contributed by atoms with Crippen LogP contribution in [0.25, 0.3) is 11.1 Å². The third-order valence-electron chi connectivity index (χ3n) is 9.06. The van der Waals surface area contributed by atoms with Gasteiger partial charge < -0.3 is 14.7 Å². The van der Waals surface area contributed by atoms with Crippen LogP contribution in [0.15, 0.2) is 67.0 Å². The lowest BCUT2D eigenvalue weighted by Gasteiger charge is -2.35. The van der Waals surface area contributed by atoms with Crippen LogP contribution in [0, 0.1) is 18.8 Å². The number of amides is 2. The number of likely N-dealkylation sites (tertiary alicyclic amines) is 2. The van der Waals surface area contributed by atoms with Crippen molar-refractivity contribution in [3.8, 4) is 11.1 Å². The van der Waals surface area contributed by atoms with E-state index < -0.39 is 0 Å². The number of carbonyl (C=O) groups is 2. The summed E-state index contributed by atoms with van der Waals surface area (Å²) in [6.07, 6.45) is 9.61. The first-order chi connectivity index (χ1) is 20.4. The standard InChI is InChI=1S/C35H43ClN4O2/c1-26-6-11-33(24-34(26)36)40(35(42)31-14-21-39(22-15-31)27(2)41)18-4-17-38-19-12-29(13-20-38)23-28-7-9-30(10-8-28)32-5-3-16-37-25-32/h3,5-11,16,24-25,29,31H,4,12-15,17-23H2,1-2H3. The van der Waals surface area contributed by atoms with Gasteiger partial charge in [-0.05, 0) is 111 Å². The van der Waals surface area contributed by atoms with Gasteiger partial charge in [-0.3, -0.25) is 14.6 Å². The molecule has 7 heteroatoms. The Hall–Kier alpha value is -3.22. The van der Waals surface area contributed by atoms with Crippen LogP contribution in [-0.4, -0.2) is 65.9 Å². The van der Waals surface area contributed by atoms with E-state index in [2.05, 4.69) is 40.2 Å². The highest BCUT2D eigenvalue weighted by atomic mass is 35.5. The fourth-order valence-electron chi connectivity index (χ4n) is 6.34. The monoisotopic (exact) mass is 586 g/mol. The van der Waals surface area contributed by atoms with Crippen LogP contribution in [0.3, 0.4) is 0 Å². The quantitative estimate of drug-likeness (QED) is 0.282. The Balaban J connectivity index is 1.11. The molecule has 0 N–H and O–H groups in total. The van der Waals surface area contributed by atoms with Gasteiger partial charge in [0.1, 0.15) is 0 Å².